The van der Waals surface area contributed by atoms with Crippen molar-refractivity contribution in [2.45, 2.75) is 11.7 Å². The molecule has 0 radical (unpaired) electrons. The Kier molecular flexibility index (Phi) is 1.51. The van der Waals surface area contributed by atoms with Gasteiger partial charge in [-0.3, -0.25) is 4.89 Å². The summed E-state index contributed by atoms with van der Waals surface area (Å²) in [5, 5.41) is 8.57. The topological polar surface area (TPSA) is 59.1 Å². The van der Waals surface area contributed by atoms with E-state index in [4.69, 9.17) is 21.6 Å². The summed E-state index contributed by atoms with van der Waals surface area (Å²) in [6, 6.07) is 0. The van der Waals surface area contributed by atoms with Crippen molar-refractivity contribution in [1.29, 1.82) is 0 Å². The number of hydrogen-bond acceptors (Lipinski definition) is 4. The van der Waals surface area contributed by atoms with E-state index >= 15 is 0 Å². The fraction of sp³-hybridized carbons (Fsp3) is 0.286. The van der Waals surface area contributed by atoms with E-state index in [1.54, 1.807) is 12.2 Å². The molecule has 0 amide bonds. The zero-order valence-electron chi connectivity index (χ0n) is 5.86. The number of hydrogen-bond donors (Lipinski definition) is 1. The van der Waals surface area contributed by atoms with Gasteiger partial charge in [0.25, 0.3) is 0 Å². The first-order chi connectivity index (χ1) is 5.70. The third-order valence-electron chi connectivity index (χ3n) is 1.90. The van der Waals surface area contributed by atoms with Gasteiger partial charge in [0.15, 0.2) is 0 Å². The number of rotatable bonds is 1. The first-order valence-electron chi connectivity index (χ1n) is 3.29. The third-order valence-corrected chi connectivity index (χ3v) is 2.22. The van der Waals surface area contributed by atoms with Crippen molar-refractivity contribution in [1.82, 2.24) is 0 Å². The van der Waals surface area contributed by atoms with Crippen LogP contribution in [0.2, 0.25) is 0 Å². The Hall–Kier alpha value is -0.840. The quantitative estimate of drug-likeness (QED) is 0.376. The number of epoxide rings is 1. The van der Waals surface area contributed by atoms with E-state index in [9.17, 15) is 4.79 Å². The van der Waals surface area contributed by atoms with Crippen molar-refractivity contribution < 1.29 is 19.7 Å². The van der Waals surface area contributed by atoms with Gasteiger partial charge < -0.3 is 4.74 Å². The Morgan fingerprint density at radius 3 is 3.25 bits per heavy atom. The normalized spacial score (nSPS) is 36.8. The van der Waals surface area contributed by atoms with Gasteiger partial charge in [0, 0.05) is 0 Å². The largest absolute Gasteiger partial charge is 0.380 e. The number of fused-ring (bicyclic) bond motifs is 1. The van der Waals surface area contributed by atoms with Crippen molar-refractivity contribution in [2.24, 2.45) is 0 Å². The van der Waals surface area contributed by atoms with Gasteiger partial charge >= 0.3 is 5.97 Å². The highest BCUT2D eigenvalue weighted by Gasteiger charge is 2.65. The van der Waals surface area contributed by atoms with Crippen molar-refractivity contribution in [2.75, 3.05) is 0 Å². The second kappa shape index (κ2) is 2.32. The highest BCUT2D eigenvalue weighted by molar-refractivity contribution is 6.31. The average Bonchev–Trinajstić information content (AvgIpc) is 2.80. The molecule has 1 aliphatic carbocycles. The molecule has 1 saturated heterocycles. The molecule has 0 aromatic heterocycles. The zero-order valence-corrected chi connectivity index (χ0v) is 6.62. The summed E-state index contributed by atoms with van der Waals surface area (Å²) < 4.78 is 5.01. The van der Waals surface area contributed by atoms with Gasteiger partial charge in [-0.15, -0.1) is 0 Å². The summed E-state index contributed by atoms with van der Waals surface area (Å²) in [6.45, 7) is 0. The van der Waals surface area contributed by atoms with Crippen LogP contribution in [0.3, 0.4) is 0 Å². The van der Waals surface area contributed by atoms with Crippen LogP contribution in [0, 0.1) is 0 Å². The second-order valence-corrected chi connectivity index (χ2v) is 3.02. The minimum absolute atomic E-state index is 0.433. The predicted molar refractivity (Wildman–Crippen MR) is 39.4 cm³/mol. The van der Waals surface area contributed by atoms with E-state index in [2.05, 4.69) is 4.89 Å². The Morgan fingerprint density at radius 2 is 2.58 bits per heavy atom. The molecule has 1 fully saturated rings. The van der Waals surface area contributed by atoms with Crippen LogP contribution in [0.1, 0.15) is 0 Å². The second-order valence-electron chi connectivity index (χ2n) is 2.58. The summed E-state index contributed by atoms with van der Waals surface area (Å²) in [5.41, 5.74) is -1.17. The first-order valence-corrected chi connectivity index (χ1v) is 3.67. The van der Waals surface area contributed by atoms with Gasteiger partial charge in [0.1, 0.15) is 6.10 Å². The number of carbonyl (C=O) groups excluding carboxylic acids is 1. The molecule has 2 aliphatic rings. The molecule has 0 aromatic carbocycles. The van der Waals surface area contributed by atoms with E-state index in [1.807, 2.05) is 0 Å². The Bertz CT molecular complexity index is 296. The van der Waals surface area contributed by atoms with Crippen LogP contribution < -0.4 is 0 Å². The number of halogens is 1. The molecule has 64 valence electrons. The van der Waals surface area contributed by atoms with Gasteiger partial charge in [0.05, 0.1) is 5.03 Å². The highest BCUT2D eigenvalue weighted by atomic mass is 35.5. The van der Waals surface area contributed by atoms with E-state index in [-0.39, 0.29) is 0 Å². The molecule has 2 rings (SSSR count). The van der Waals surface area contributed by atoms with E-state index in [0.29, 0.717) is 5.03 Å². The highest BCUT2D eigenvalue weighted by Crippen LogP contribution is 2.46. The minimum atomic E-state index is -1.17. The van der Waals surface area contributed by atoms with Crippen LogP contribution in [-0.2, 0) is 14.4 Å². The summed E-state index contributed by atoms with van der Waals surface area (Å²) in [6.07, 6.45) is 4.23. The fourth-order valence-corrected chi connectivity index (χ4v) is 1.49. The average molecular weight is 189 g/mol. The molecule has 5 heteroatoms. The maximum Gasteiger partial charge on any atom is 0.380 e. The van der Waals surface area contributed by atoms with Crippen LogP contribution in [-0.4, -0.2) is 22.9 Å². The monoisotopic (exact) mass is 188 g/mol. The summed E-state index contributed by atoms with van der Waals surface area (Å²) in [5.74, 6) is -0.838. The van der Waals surface area contributed by atoms with Gasteiger partial charge in [-0.25, -0.2) is 4.79 Å². The molecule has 0 spiro atoms. The van der Waals surface area contributed by atoms with E-state index in [1.165, 1.54) is 6.08 Å². The molecular weight excluding hydrogens is 184 g/mol. The van der Waals surface area contributed by atoms with Crippen LogP contribution in [0.25, 0.3) is 0 Å². The lowest BCUT2D eigenvalue weighted by atomic mass is 10.0. The SMILES string of the molecule is O=C(OO)C12C=CC=C(Cl)C1O2. The molecular formula is C7H5ClO4. The van der Waals surface area contributed by atoms with E-state index < -0.39 is 17.7 Å². The lowest BCUT2D eigenvalue weighted by Gasteiger charge is -2.04. The minimum Gasteiger partial charge on any atom is -0.343 e. The van der Waals surface area contributed by atoms with Crippen molar-refractivity contribution in [3.63, 3.8) is 0 Å². The molecule has 1 heterocycles. The number of carbonyl (C=O) groups is 1. The van der Waals surface area contributed by atoms with Crippen molar-refractivity contribution in [3.8, 4) is 0 Å². The summed E-state index contributed by atoms with van der Waals surface area (Å²) >= 11 is 5.69. The maximum atomic E-state index is 10.9. The molecule has 4 nitrogen and oxygen atoms in total. The molecule has 0 bridgehead atoms. The molecule has 2 atom stereocenters. The van der Waals surface area contributed by atoms with Gasteiger partial charge in [-0.1, -0.05) is 17.7 Å². The molecule has 12 heavy (non-hydrogen) atoms. The molecule has 1 aliphatic heterocycles. The lowest BCUT2D eigenvalue weighted by molar-refractivity contribution is -0.238. The van der Waals surface area contributed by atoms with Crippen LogP contribution in [0.4, 0.5) is 0 Å². The Morgan fingerprint density at radius 1 is 1.83 bits per heavy atom. The lowest BCUT2D eigenvalue weighted by Crippen LogP contribution is -2.27. The molecule has 1 N–H and O–H groups in total. The van der Waals surface area contributed by atoms with Gasteiger partial charge in [-0.2, -0.15) is 5.26 Å². The molecule has 0 saturated carbocycles. The van der Waals surface area contributed by atoms with E-state index in [0.717, 1.165) is 0 Å². The molecule has 2 unspecified atom stereocenters. The number of allylic oxidation sites excluding steroid dienone is 2. The molecule has 0 aromatic rings. The zero-order chi connectivity index (χ0) is 8.77. The van der Waals surface area contributed by atoms with Gasteiger partial charge in [-0.05, 0) is 12.2 Å². The fourth-order valence-electron chi connectivity index (χ4n) is 1.21. The Balaban J connectivity index is 2.26. The first kappa shape index (κ1) is 7.79. The summed E-state index contributed by atoms with van der Waals surface area (Å²) in [7, 11) is 0. The van der Waals surface area contributed by atoms with Crippen molar-refractivity contribution >= 4 is 17.6 Å². The van der Waals surface area contributed by atoms with Crippen LogP contribution in [0.5, 0.6) is 0 Å². The maximum absolute atomic E-state index is 10.9. The predicted octanol–water partition coefficient (Wildman–Crippen LogP) is 0.833. The van der Waals surface area contributed by atoms with Gasteiger partial charge in [0.2, 0.25) is 5.60 Å². The smallest absolute Gasteiger partial charge is 0.343 e. The summed E-state index contributed by atoms with van der Waals surface area (Å²) in [4.78, 5) is 14.5. The van der Waals surface area contributed by atoms with Crippen LogP contribution >= 0.6 is 11.6 Å². The number of ether oxygens (including phenoxy) is 1. The van der Waals surface area contributed by atoms with Crippen molar-refractivity contribution in [3.05, 3.63) is 23.3 Å². The Labute approximate surface area is 73.0 Å². The standard InChI is InChI=1S/C7H5ClO4/c8-4-2-1-3-7(5(4)11-7)6(9)12-10/h1-3,5,10H. The third kappa shape index (κ3) is 0.827. The van der Waals surface area contributed by atoms with Crippen LogP contribution in [0.15, 0.2) is 23.3 Å².